The van der Waals surface area contributed by atoms with Gasteiger partial charge in [-0.05, 0) is 25.4 Å². The van der Waals surface area contributed by atoms with Crippen molar-refractivity contribution in [2.75, 3.05) is 13.6 Å². The zero-order valence-corrected chi connectivity index (χ0v) is 13.6. The number of hydrogen-bond donors (Lipinski definition) is 2. The minimum absolute atomic E-state index is 0. The number of carbonyl (C=O) groups excluding carboxylic acids is 1. The highest BCUT2D eigenvalue weighted by molar-refractivity contribution is 7.16. The van der Waals surface area contributed by atoms with Crippen molar-refractivity contribution >= 4 is 39.9 Å². The predicted molar refractivity (Wildman–Crippen MR) is 87.3 cm³/mol. The number of likely N-dealkylation sites (N-methyl/N-ethyl adjacent to an activating group) is 1. The first kappa shape index (κ1) is 17.6. The lowest BCUT2D eigenvalue weighted by molar-refractivity contribution is -0.121. The molecule has 1 atom stereocenters. The Morgan fingerprint density at radius 3 is 3.00 bits per heavy atom. The summed E-state index contributed by atoms with van der Waals surface area (Å²) < 4.78 is 1.48. The normalized spacial score (nSPS) is 11.9. The highest BCUT2D eigenvalue weighted by Gasteiger charge is 2.07. The van der Waals surface area contributed by atoms with Gasteiger partial charge < -0.3 is 10.6 Å². The van der Waals surface area contributed by atoms with Crippen LogP contribution < -0.4 is 16.2 Å². The highest BCUT2D eigenvalue weighted by atomic mass is 35.5. The van der Waals surface area contributed by atoms with Gasteiger partial charge in [0.1, 0.15) is 4.83 Å². The van der Waals surface area contributed by atoms with E-state index in [0.29, 0.717) is 18.5 Å². The van der Waals surface area contributed by atoms with Crippen LogP contribution in [-0.4, -0.2) is 35.1 Å². The first-order chi connectivity index (χ1) is 9.61. The summed E-state index contributed by atoms with van der Waals surface area (Å²) in [5.41, 5.74) is -0.0901. The smallest absolute Gasteiger partial charge is 0.262 e. The Hall–Kier alpha value is -1.44. The first-order valence-electron chi connectivity index (χ1n) is 6.48. The molecule has 2 N–H and O–H groups in total. The van der Waals surface area contributed by atoms with E-state index in [2.05, 4.69) is 15.6 Å². The van der Waals surface area contributed by atoms with E-state index in [0.717, 1.165) is 4.83 Å². The van der Waals surface area contributed by atoms with E-state index in [4.69, 9.17) is 0 Å². The predicted octanol–water partition coefficient (Wildman–Crippen LogP) is 0.994. The number of nitrogens with zero attached hydrogens (tertiary/aromatic N) is 2. The molecule has 0 aliphatic rings. The van der Waals surface area contributed by atoms with Crippen LogP contribution in [0.5, 0.6) is 0 Å². The zero-order valence-electron chi connectivity index (χ0n) is 12.0. The summed E-state index contributed by atoms with van der Waals surface area (Å²) in [7, 11) is 1.85. The molecule has 2 aromatic heterocycles. The molecule has 0 saturated carbocycles. The molecule has 0 radical (unpaired) electrons. The number of aryl methyl sites for hydroxylation is 1. The van der Waals surface area contributed by atoms with Crippen molar-refractivity contribution in [3.05, 3.63) is 28.1 Å². The Labute approximate surface area is 133 Å². The van der Waals surface area contributed by atoms with E-state index in [-0.39, 0.29) is 36.3 Å². The maximum absolute atomic E-state index is 12.1. The molecule has 1 amide bonds. The fraction of sp³-hybridized carbons (Fsp3) is 0.462. The SMILES string of the molecule is CNC(C)CNC(=O)CCn1cnc2sccc2c1=O.Cl. The number of carbonyl (C=O) groups is 1. The van der Waals surface area contributed by atoms with E-state index < -0.39 is 0 Å². The maximum Gasteiger partial charge on any atom is 0.262 e. The number of nitrogens with one attached hydrogen (secondary N) is 2. The average Bonchev–Trinajstić information content (AvgIpc) is 2.93. The molecule has 6 nitrogen and oxygen atoms in total. The van der Waals surface area contributed by atoms with E-state index in [1.165, 1.54) is 22.2 Å². The van der Waals surface area contributed by atoms with E-state index >= 15 is 0 Å². The van der Waals surface area contributed by atoms with Crippen LogP contribution in [0.4, 0.5) is 0 Å². The van der Waals surface area contributed by atoms with Crippen molar-refractivity contribution in [3.8, 4) is 0 Å². The summed E-state index contributed by atoms with van der Waals surface area (Å²) in [6, 6.07) is 1.99. The second kappa shape index (κ2) is 8.11. The molecule has 0 saturated heterocycles. The third kappa shape index (κ3) is 4.52. The monoisotopic (exact) mass is 330 g/mol. The van der Waals surface area contributed by atoms with Crippen molar-refractivity contribution in [2.24, 2.45) is 0 Å². The van der Waals surface area contributed by atoms with Crippen molar-refractivity contribution in [3.63, 3.8) is 0 Å². The van der Waals surface area contributed by atoms with Crippen molar-refractivity contribution in [2.45, 2.75) is 25.9 Å². The lowest BCUT2D eigenvalue weighted by atomic mass is 10.3. The van der Waals surface area contributed by atoms with Crippen LogP contribution >= 0.6 is 23.7 Å². The highest BCUT2D eigenvalue weighted by Crippen LogP contribution is 2.13. The molecule has 8 heteroatoms. The van der Waals surface area contributed by atoms with Crippen LogP contribution in [0.1, 0.15) is 13.3 Å². The standard InChI is InChI=1S/C13H18N4O2S.ClH/c1-9(14-2)7-15-11(18)3-5-17-8-16-12-10(13(17)19)4-6-20-12;/h4,6,8-9,14H,3,5,7H2,1-2H3,(H,15,18);1H. The molecule has 2 heterocycles. The summed E-state index contributed by atoms with van der Waals surface area (Å²) in [4.78, 5) is 28.7. The third-order valence-electron chi connectivity index (χ3n) is 3.13. The van der Waals surface area contributed by atoms with Crippen molar-refractivity contribution in [1.29, 1.82) is 0 Å². The summed E-state index contributed by atoms with van der Waals surface area (Å²) in [6.07, 6.45) is 1.78. The minimum Gasteiger partial charge on any atom is -0.354 e. The van der Waals surface area contributed by atoms with Crippen LogP contribution in [0.25, 0.3) is 10.2 Å². The Balaban J connectivity index is 0.00000220. The second-order valence-electron chi connectivity index (χ2n) is 4.63. The summed E-state index contributed by atoms with van der Waals surface area (Å²) >= 11 is 1.44. The minimum atomic E-state index is -0.0901. The number of aromatic nitrogens is 2. The number of amides is 1. The molecule has 0 aromatic carbocycles. The molecule has 2 aromatic rings. The number of rotatable bonds is 6. The summed E-state index contributed by atoms with van der Waals surface area (Å²) in [5.74, 6) is -0.0654. The molecule has 0 bridgehead atoms. The number of thiophene rings is 1. The first-order valence-corrected chi connectivity index (χ1v) is 7.36. The van der Waals surface area contributed by atoms with Gasteiger partial charge >= 0.3 is 0 Å². The van der Waals surface area contributed by atoms with Crippen LogP contribution in [0.3, 0.4) is 0 Å². The van der Waals surface area contributed by atoms with Gasteiger partial charge in [0.25, 0.3) is 5.56 Å². The fourth-order valence-corrected chi connectivity index (χ4v) is 2.46. The van der Waals surface area contributed by atoms with Crippen LogP contribution in [-0.2, 0) is 11.3 Å². The molecular weight excluding hydrogens is 312 g/mol. The van der Waals surface area contributed by atoms with Gasteiger partial charge in [-0.2, -0.15) is 0 Å². The molecule has 1 unspecified atom stereocenters. The van der Waals surface area contributed by atoms with Crippen LogP contribution in [0, 0.1) is 0 Å². The molecule has 0 fully saturated rings. The van der Waals surface area contributed by atoms with Crippen LogP contribution in [0.2, 0.25) is 0 Å². The molecular formula is C13H19ClN4O2S. The molecule has 21 heavy (non-hydrogen) atoms. The lowest BCUT2D eigenvalue weighted by Gasteiger charge is -2.11. The Kier molecular flexibility index (Phi) is 6.80. The fourth-order valence-electron chi connectivity index (χ4n) is 1.73. The quantitative estimate of drug-likeness (QED) is 0.828. The molecule has 116 valence electrons. The summed E-state index contributed by atoms with van der Waals surface area (Å²) in [6.45, 7) is 2.91. The lowest BCUT2D eigenvalue weighted by Crippen LogP contribution is -2.37. The Morgan fingerprint density at radius 2 is 2.29 bits per heavy atom. The number of halogens is 1. The van der Waals surface area contributed by atoms with Crippen molar-refractivity contribution < 1.29 is 4.79 Å². The topological polar surface area (TPSA) is 76.0 Å². The van der Waals surface area contributed by atoms with Crippen LogP contribution in [0.15, 0.2) is 22.6 Å². The van der Waals surface area contributed by atoms with Gasteiger partial charge in [-0.1, -0.05) is 0 Å². The van der Waals surface area contributed by atoms with Gasteiger partial charge in [-0.25, -0.2) is 4.98 Å². The van der Waals surface area contributed by atoms with Gasteiger partial charge in [0, 0.05) is 25.6 Å². The summed E-state index contributed by atoms with van der Waals surface area (Å²) in [5, 5.41) is 8.32. The van der Waals surface area contributed by atoms with Gasteiger partial charge in [-0.3, -0.25) is 14.2 Å². The van der Waals surface area contributed by atoms with E-state index in [9.17, 15) is 9.59 Å². The zero-order chi connectivity index (χ0) is 14.5. The molecule has 0 aliphatic heterocycles. The second-order valence-corrected chi connectivity index (χ2v) is 5.52. The molecule has 0 aliphatic carbocycles. The average molecular weight is 331 g/mol. The Morgan fingerprint density at radius 1 is 1.52 bits per heavy atom. The van der Waals surface area contributed by atoms with Gasteiger partial charge in [0.2, 0.25) is 5.91 Å². The van der Waals surface area contributed by atoms with E-state index in [1.807, 2.05) is 19.4 Å². The van der Waals surface area contributed by atoms with Gasteiger partial charge in [0.05, 0.1) is 11.7 Å². The maximum atomic E-state index is 12.1. The van der Waals surface area contributed by atoms with Gasteiger partial charge in [-0.15, -0.1) is 23.7 Å². The van der Waals surface area contributed by atoms with E-state index in [1.54, 1.807) is 6.07 Å². The van der Waals surface area contributed by atoms with Crippen molar-refractivity contribution in [1.82, 2.24) is 20.2 Å². The Bertz CT molecular complexity index is 655. The number of fused-ring (bicyclic) bond motifs is 1. The third-order valence-corrected chi connectivity index (χ3v) is 3.95. The largest absolute Gasteiger partial charge is 0.354 e. The molecule has 2 rings (SSSR count). The number of hydrogen-bond acceptors (Lipinski definition) is 5. The molecule has 0 spiro atoms. The van der Waals surface area contributed by atoms with Gasteiger partial charge in [0.15, 0.2) is 0 Å².